The first-order valence-corrected chi connectivity index (χ1v) is 5.72. The van der Waals surface area contributed by atoms with Crippen LogP contribution in [0.3, 0.4) is 0 Å². The van der Waals surface area contributed by atoms with E-state index in [2.05, 4.69) is 14.8 Å². The van der Waals surface area contributed by atoms with Gasteiger partial charge in [-0.15, -0.1) is 0 Å². The standard InChI is InChI=1S/C11H10BFN4O2/c1-19-11(18)7-2-10(16-4-6(13)5-16)17-9(14-7)3-8(12)15-17/h2-3,6H,4-5H2,1H3. The SMILES string of the molecule is [B]c1cc2nc(C(=O)OC)cc(N3CC(F)C3)n2n1. The Labute approximate surface area is 109 Å². The molecular weight excluding hydrogens is 250 g/mol. The molecule has 0 amide bonds. The first-order chi connectivity index (χ1) is 9.08. The van der Waals surface area contributed by atoms with Crippen LogP contribution in [0.2, 0.25) is 0 Å². The van der Waals surface area contributed by atoms with Crippen molar-refractivity contribution in [1.29, 1.82) is 0 Å². The van der Waals surface area contributed by atoms with Crippen LogP contribution < -0.4 is 10.5 Å². The molecule has 19 heavy (non-hydrogen) atoms. The fourth-order valence-corrected chi connectivity index (χ4v) is 2.02. The van der Waals surface area contributed by atoms with Gasteiger partial charge in [-0.05, 0) is 6.07 Å². The summed E-state index contributed by atoms with van der Waals surface area (Å²) in [6, 6.07) is 3.07. The number of rotatable bonds is 2. The molecule has 0 atom stereocenters. The van der Waals surface area contributed by atoms with E-state index in [-0.39, 0.29) is 24.4 Å². The molecule has 0 N–H and O–H groups in total. The number of anilines is 1. The Balaban J connectivity index is 2.13. The van der Waals surface area contributed by atoms with Gasteiger partial charge in [0.25, 0.3) is 0 Å². The number of aromatic nitrogens is 3. The number of alkyl halides is 1. The third kappa shape index (κ3) is 1.93. The molecule has 1 saturated heterocycles. The highest BCUT2D eigenvalue weighted by Crippen LogP contribution is 2.23. The van der Waals surface area contributed by atoms with E-state index in [4.69, 9.17) is 7.85 Å². The Morgan fingerprint density at radius 3 is 2.89 bits per heavy atom. The average Bonchev–Trinajstić information content (AvgIpc) is 2.73. The van der Waals surface area contributed by atoms with Gasteiger partial charge in [0, 0.05) is 11.7 Å². The molecule has 3 heterocycles. The number of methoxy groups -OCH3 is 1. The molecule has 2 aromatic rings. The molecule has 1 fully saturated rings. The monoisotopic (exact) mass is 260 g/mol. The van der Waals surface area contributed by atoms with Gasteiger partial charge in [-0.25, -0.2) is 14.2 Å². The summed E-state index contributed by atoms with van der Waals surface area (Å²) < 4.78 is 19.1. The van der Waals surface area contributed by atoms with Crippen molar-refractivity contribution in [3.63, 3.8) is 0 Å². The van der Waals surface area contributed by atoms with Crippen molar-refractivity contribution in [1.82, 2.24) is 14.6 Å². The number of nitrogens with zero attached hydrogens (tertiary/aromatic N) is 4. The van der Waals surface area contributed by atoms with E-state index < -0.39 is 12.1 Å². The normalized spacial score (nSPS) is 15.6. The minimum atomic E-state index is -0.863. The lowest BCUT2D eigenvalue weighted by Crippen LogP contribution is -2.49. The second-order valence-corrected chi connectivity index (χ2v) is 4.33. The average molecular weight is 260 g/mol. The minimum absolute atomic E-state index is 0.146. The Hall–Kier alpha value is -2.12. The highest BCUT2D eigenvalue weighted by atomic mass is 19.1. The van der Waals surface area contributed by atoms with Crippen molar-refractivity contribution in [3.8, 4) is 0 Å². The van der Waals surface area contributed by atoms with E-state index in [1.807, 2.05) is 0 Å². The highest BCUT2D eigenvalue weighted by Gasteiger charge is 2.29. The quantitative estimate of drug-likeness (QED) is 0.536. The summed E-state index contributed by atoms with van der Waals surface area (Å²) in [6.07, 6.45) is -0.863. The Morgan fingerprint density at radius 1 is 1.53 bits per heavy atom. The van der Waals surface area contributed by atoms with Crippen molar-refractivity contribution < 1.29 is 13.9 Å². The zero-order chi connectivity index (χ0) is 13.6. The lowest BCUT2D eigenvalue weighted by Gasteiger charge is -2.36. The van der Waals surface area contributed by atoms with Gasteiger partial charge in [0.1, 0.15) is 19.8 Å². The van der Waals surface area contributed by atoms with Crippen LogP contribution in [-0.2, 0) is 4.74 Å². The molecule has 1 aliphatic heterocycles. The zero-order valence-electron chi connectivity index (χ0n) is 10.2. The van der Waals surface area contributed by atoms with Crippen LogP contribution in [0.1, 0.15) is 10.5 Å². The van der Waals surface area contributed by atoms with Gasteiger partial charge >= 0.3 is 5.97 Å². The summed E-state index contributed by atoms with van der Waals surface area (Å²) in [4.78, 5) is 17.4. The third-order valence-electron chi connectivity index (χ3n) is 2.98. The minimum Gasteiger partial charge on any atom is -0.464 e. The Bertz CT molecular complexity index is 653. The number of carbonyl (C=O) groups is 1. The van der Waals surface area contributed by atoms with E-state index in [0.29, 0.717) is 11.5 Å². The summed E-state index contributed by atoms with van der Waals surface area (Å²) in [5, 5.41) is 4.08. The van der Waals surface area contributed by atoms with Gasteiger partial charge in [-0.1, -0.05) is 0 Å². The molecule has 0 aliphatic carbocycles. The van der Waals surface area contributed by atoms with Crippen LogP contribution in [0.4, 0.5) is 10.2 Å². The topological polar surface area (TPSA) is 59.7 Å². The van der Waals surface area contributed by atoms with Crippen LogP contribution in [0.5, 0.6) is 0 Å². The van der Waals surface area contributed by atoms with Crippen molar-refractivity contribution in [3.05, 3.63) is 17.8 Å². The van der Waals surface area contributed by atoms with E-state index in [1.54, 1.807) is 11.0 Å². The molecule has 0 bridgehead atoms. The lowest BCUT2D eigenvalue weighted by atomic mass is 10.1. The van der Waals surface area contributed by atoms with Gasteiger partial charge in [0.05, 0.1) is 20.2 Å². The number of hydrogen-bond donors (Lipinski definition) is 0. The molecule has 0 unspecified atom stereocenters. The van der Waals surface area contributed by atoms with Crippen molar-refractivity contribution in [2.24, 2.45) is 0 Å². The Kier molecular flexibility index (Phi) is 2.65. The van der Waals surface area contributed by atoms with E-state index in [0.717, 1.165) is 0 Å². The van der Waals surface area contributed by atoms with Crippen molar-refractivity contribution >= 4 is 30.9 Å². The van der Waals surface area contributed by atoms with Crippen LogP contribution in [-0.4, -0.2) is 54.8 Å². The van der Waals surface area contributed by atoms with E-state index in [9.17, 15) is 9.18 Å². The van der Waals surface area contributed by atoms with Gasteiger partial charge < -0.3 is 9.64 Å². The van der Waals surface area contributed by atoms with Crippen LogP contribution in [0.15, 0.2) is 12.1 Å². The predicted molar refractivity (Wildman–Crippen MR) is 66.8 cm³/mol. The Morgan fingerprint density at radius 2 is 2.26 bits per heavy atom. The number of hydrogen-bond acceptors (Lipinski definition) is 5. The van der Waals surface area contributed by atoms with Crippen molar-refractivity contribution in [2.45, 2.75) is 6.17 Å². The van der Waals surface area contributed by atoms with Gasteiger partial charge in [0.15, 0.2) is 11.3 Å². The fraction of sp³-hybridized carbons (Fsp3) is 0.364. The second kappa shape index (κ2) is 4.22. The molecule has 2 aromatic heterocycles. The molecule has 0 saturated carbocycles. The summed E-state index contributed by atoms with van der Waals surface area (Å²) in [6.45, 7) is 0.527. The molecule has 6 nitrogen and oxygen atoms in total. The van der Waals surface area contributed by atoms with E-state index in [1.165, 1.54) is 17.7 Å². The lowest BCUT2D eigenvalue weighted by molar-refractivity contribution is 0.0594. The fourth-order valence-electron chi connectivity index (χ4n) is 2.02. The van der Waals surface area contributed by atoms with Gasteiger partial charge in [0.2, 0.25) is 0 Å². The van der Waals surface area contributed by atoms with Crippen LogP contribution in [0, 0.1) is 0 Å². The largest absolute Gasteiger partial charge is 0.464 e. The number of esters is 1. The number of fused-ring (bicyclic) bond motifs is 1. The summed E-state index contributed by atoms with van der Waals surface area (Å²) in [5.74, 6) is 0.0249. The van der Waals surface area contributed by atoms with Crippen LogP contribution in [0.25, 0.3) is 5.65 Å². The first kappa shape index (κ1) is 11.9. The van der Waals surface area contributed by atoms with E-state index >= 15 is 0 Å². The molecule has 0 spiro atoms. The van der Waals surface area contributed by atoms with Gasteiger partial charge in [-0.2, -0.15) is 9.61 Å². The number of halogens is 1. The summed E-state index contributed by atoms with van der Waals surface area (Å²) in [7, 11) is 6.90. The predicted octanol–water partition coefficient (Wildman–Crippen LogP) is -0.532. The zero-order valence-corrected chi connectivity index (χ0v) is 10.2. The van der Waals surface area contributed by atoms with Crippen LogP contribution >= 0.6 is 0 Å². The maximum absolute atomic E-state index is 13.0. The first-order valence-electron chi connectivity index (χ1n) is 5.72. The third-order valence-corrected chi connectivity index (χ3v) is 2.98. The van der Waals surface area contributed by atoms with Crippen molar-refractivity contribution in [2.75, 3.05) is 25.1 Å². The molecule has 3 rings (SSSR count). The molecule has 1 aliphatic rings. The number of carbonyl (C=O) groups excluding carboxylic acids is 1. The maximum Gasteiger partial charge on any atom is 0.356 e. The second-order valence-electron chi connectivity index (χ2n) is 4.33. The highest BCUT2D eigenvalue weighted by molar-refractivity contribution is 6.31. The van der Waals surface area contributed by atoms with Gasteiger partial charge in [-0.3, -0.25) is 0 Å². The molecule has 2 radical (unpaired) electrons. The smallest absolute Gasteiger partial charge is 0.356 e. The maximum atomic E-state index is 13.0. The molecule has 0 aromatic carbocycles. The molecule has 8 heteroatoms. The number of ether oxygens (including phenoxy) is 1. The molecular formula is C11H10BFN4O2. The summed E-state index contributed by atoms with van der Waals surface area (Å²) >= 11 is 0. The summed E-state index contributed by atoms with van der Waals surface area (Å²) in [5.41, 5.74) is 0.859. The molecule has 96 valence electrons.